The van der Waals surface area contributed by atoms with Crippen molar-refractivity contribution in [1.29, 1.82) is 0 Å². The second-order valence-corrected chi connectivity index (χ2v) is 23.2. The van der Waals surface area contributed by atoms with Crippen LogP contribution in [0.5, 0.6) is 0 Å². The summed E-state index contributed by atoms with van der Waals surface area (Å²) < 4.78 is 34.4. The molecule has 19 heteroatoms. The molecule has 0 aromatic carbocycles. The highest BCUT2D eigenvalue weighted by atomic mass is 16.8. The topological polar surface area (TPSA) is 307 Å². The molecule has 0 bridgehead atoms. The van der Waals surface area contributed by atoms with Crippen LogP contribution in [-0.4, -0.2) is 193 Å². The Hall–Kier alpha value is -1.21. The highest BCUT2D eigenvalue weighted by Gasteiger charge is 2.54. The average molecular weight is 1140 g/mol. The van der Waals surface area contributed by atoms with Crippen LogP contribution in [0, 0.1) is 0 Å². The Kier molecular flexibility index (Phi) is 40.4. The monoisotopic (exact) mass is 1140 g/mol. The van der Waals surface area contributed by atoms with Crippen LogP contribution in [0.15, 0.2) is 0 Å². The van der Waals surface area contributed by atoms with E-state index in [0.717, 1.165) is 44.9 Å². The van der Waals surface area contributed by atoms with Gasteiger partial charge < -0.3 is 89.9 Å². The largest absolute Gasteiger partial charge is 0.394 e. The van der Waals surface area contributed by atoms with Gasteiger partial charge >= 0.3 is 0 Å². The number of unbranched alkanes of at least 4 members (excludes halogenated alkanes) is 32. The maximum absolute atomic E-state index is 13.4. The molecular formula is C60H115NO18. The Bertz CT molecular complexity index is 1450. The van der Waals surface area contributed by atoms with Crippen LogP contribution in [-0.2, 0) is 33.2 Å². The fourth-order valence-corrected chi connectivity index (χ4v) is 11.2. The molecule has 0 aromatic heterocycles. The fraction of sp³-hybridized carbons (Fsp3) is 0.983. The third-order valence-corrected chi connectivity index (χ3v) is 16.4. The van der Waals surface area contributed by atoms with E-state index in [4.69, 9.17) is 28.4 Å². The first-order valence-electron chi connectivity index (χ1n) is 31.8. The van der Waals surface area contributed by atoms with Crippen LogP contribution in [0.4, 0.5) is 0 Å². The third kappa shape index (κ3) is 28.0. The summed E-state index contributed by atoms with van der Waals surface area (Å²) in [6.45, 7) is 1.78. The quantitative estimate of drug-likeness (QED) is 0.0294. The number of nitrogens with one attached hydrogen (secondary N) is 1. The predicted octanol–water partition coefficient (Wildman–Crippen LogP) is 6.38. The molecule has 19 nitrogen and oxygen atoms in total. The minimum Gasteiger partial charge on any atom is -0.394 e. The Morgan fingerprint density at radius 3 is 1.19 bits per heavy atom. The number of rotatable bonds is 48. The van der Waals surface area contributed by atoms with Crippen molar-refractivity contribution in [2.45, 2.75) is 349 Å². The number of hydrogen-bond acceptors (Lipinski definition) is 18. The van der Waals surface area contributed by atoms with Crippen molar-refractivity contribution in [2.75, 3.05) is 26.4 Å². The van der Waals surface area contributed by atoms with E-state index >= 15 is 0 Å². The van der Waals surface area contributed by atoms with Crippen LogP contribution in [0.2, 0.25) is 0 Å². The standard InChI is InChI=1S/C60H115NO18/c1-3-5-7-9-11-13-15-17-18-19-20-21-22-23-24-26-28-30-32-34-36-38-48(66)61-43(44(65)37-35-33-31-29-27-25-16-14-12-10-8-6-4-2)42-74-58-54(72)52(70)56(47(41-64)77-58)78-60-55(73)57(50(68)46(40-63)76-60)79-59-53(71)51(69)49(67)45(39-62)75-59/h43-47,49-60,62-65,67-73H,3-42H2,1-2H3,(H,61,66)/t43-,44+,45+,46+,47+,49-,50-,51-,52+,53+,54+,55+,56+,57-,58+,59+,60-/m0/s1. The van der Waals surface area contributed by atoms with Gasteiger partial charge in [0.1, 0.15) is 73.2 Å². The molecule has 0 radical (unpaired) electrons. The molecule has 3 fully saturated rings. The highest BCUT2D eigenvalue weighted by molar-refractivity contribution is 5.76. The number of carbonyl (C=O) groups is 1. The Morgan fingerprint density at radius 2 is 0.759 bits per heavy atom. The SMILES string of the molecule is CCCCCCCCCCCCCCCCCCCCCCCC(=O)N[C@@H](CO[C@@H]1O[C@H](CO)[C@@H](O[C@@H]2O[C@H](CO)[C@H](O)[C@H](O[C@H]3O[C@H](CO)[C@H](O)[C@H](O)[C@H]3O)[C@H]2O)[C@H](O)[C@H]1O)[C@H](O)CCCCCCCCCCCCCCC. The molecule has 1 amide bonds. The highest BCUT2D eigenvalue weighted by Crippen LogP contribution is 2.33. The average Bonchev–Trinajstić information content (AvgIpc) is 3.56. The van der Waals surface area contributed by atoms with Gasteiger partial charge in [-0.1, -0.05) is 226 Å². The number of ether oxygens (including phenoxy) is 6. The molecule has 17 atom stereocenters. The van der Waals surface area contributed by atoms with Gasteiger partial charge in [-0.2, -0.15) is 0 Å². The van der Waals surface area contributed by atoms with Crippen molar-refractivity contribution in [3.63, 3.8) is 0 Å². The summed E-state index contributed by atoms with van der Waals surface area (Å²) in [7, 11) is 0. The van der Waals surface area contributed by atoms with Gasteiger partial charge in [0, 0.05) is 6.42 Å². The van der Waals surface area contributed by atoms with Gasteiger partial charge in [0.05, 0.1) is 38.6 Å². The maximum atomic E-state index is 13.4. The molecule has 0 aromatic rings. The Labute approximate surface area is 474 Å². The molecule has 3 aliphatic heterocycles. The van der Waals surface area contributed by atoms with E-state index in [1.54, 1.807) is 0 Å². The van der Waals surface area contributed by atoms with E-state index < -0.39 is 124 Å². The van der Waals surface area contributed by atoms with Crippen molar-refractivity contribution < 1.29 is 89.4 Å². The molecule has 79 heavy (non-hydrogen) atoms. The van der Waals surface area contributed by atoms with E-state index in [2.05, 4.69) is 19.2 Å². The lowest BCUT2D eigenvalue weighted by Gasteiger charge is -2.48. The van der Waals surface area contributed by atoms with Crippen molar-refractivity contribution in [3.8, 4) is 0 Å². The lowest BCUT2D eigenvalue weighted by molar-refractivity contribution is -0.380. The zero-order chi connectivity index (χ0) is 57.6. The fourth-order valence-electron chi connectivity index (χ4n) is 11.2. The first-order chi connectivity index (χ1) is 38.3. The Balaban J connectivity index is 1.47. The summed E-state index contributed by atoms with van der Waals surface area (Å²) in [5.41, 5.74) is 0. The molecule has 3 rings (SSSR count). The van der Waals surface area contributed by atoms with Crippen molar-refractivity contribution in [1.82, 2.24) is 5.32 Å². The van der Waals surface area contributed by atoms with E-state index in [1.165, 1.54) is 167 Å². The zero-order valence-corrected chi connectivity index (χ0v) is 48.9. The van der Waals surface area contributed by atoms with Crippen LogP contribution in [0.3, 0.4) is 0 Å². The zero-order valence-electron chi connectivity index (χ0n) is 48.9. The number of hydrogen-bond donors (Lipinski definition) is 12. The summed E-state index contributed by atoms with van der Waals surface area (Å²) >= 11 is 0. The summed E-state index contributed by atoms with van der Waals surface area (Å²) in [6.07, 6.45) is 15.8. The van der Waals surface area contributed by atoms with Gasteiger partial charge in [-0.25, -0.2) is 0 Å². The Morgan fingerprint density at radius 1 is 0.405 bits per heavy atom. The molecule has 12 N–H and O–H groups in total. The van der Waals surface area contributed by atoms with Crippen molar-refractivity contribution in [2.24, 2.45) is 0 Å². The van der Waals surface area contributed by atoms with Crippen LogP contribution in [0.1, 0.15) is 245 Å². The molecule has 3 aliphatic rings. The molecule has 0 saturated carbocycles. The second kappa shape index (κ2) is 44.3. The lowest BCUT2D eigenvalue weighted by atomic mass is 9.96. The first-order valence-corrected chi connectivity index (χ1v) is 31.8. The lowest BCUT2D eigenvalue weighted by Crippen LogP contribution is -2.67. The molecular weight excluding hydrogens is 1020 g/mol. The predicted molar refractivity (Wildman–Crippen MR) is 300 cm³/mol. The molecule has 3 heterocycles. The van der Waals surface area contributed by atoms with Gasteiger partial charge in [-0.3, -0.25) is 4.79 Å². The summed E-state index contributed by atoms with van der Waals surface area (Å²) in [5.74, 6) is -0.242. The van der Waals surface area contributed by atoms with Gasteiger partial charge in [-0.15, -0.1) is 0 Å². The van der Waals surface area contributed by atoms with Gasteiger partial charge in [0.2, 0.25) is 5.91 Å². The molecule has 0 aliphatic carbocycles. The van der Waals surface area contributed by atoms with Crippen molar-refractivity contribution >= 4 is 5.91 Å². The summed E-state index contributed by atoms with van der Waals surface area (Å²) in [5, 5.41) is 121. The van der Waals surface area contributed by atoms with E-state index in [-0.39, 0.29) is 18.9 Å². The van der Waals surface area contributed by atoms with E-state index in [1.807, 2.05) is 0 Å². The molecule has 468 valence electrons. The minimum absolute atomic E-state index is 0.242. The van der Waals surface area contributed by atoms with Crippen molar-refractivity contribution in [3.05, 3.63) is 0 Å². The third-order valence-electron chi connectivity index (χ3n) is 16.4. The number of carbonyl (C=O) groups excluding carboxylic acids is 1. The number of aliphatic hydroxyl groups excluding tert-OH is 11. The maximum Gasteiger partial charge on any atom is 0.220 e. The molecule has 3 saturated heterocycles. The first kappa shape index (κ1) is 72.1. The second-order valence-electron chi connectivity index (χ2n) is 23.2. The molecule has 0 unspecified atom stereocenters. The smallest absolute Gasteiger partial charge is 0.220 e. The van der Waals surface area contributed by atoms with Gasteiger partial charge in [-0.05, 0) is 12.8 Å². The van der Waals surface area contributed by atoms with E-state index in [9.17, 15) is 61.0 Å². The van der Waals surface area contributed by atoms with E-state index in [0.29, 0.717) is 12.8 Å². The number of aliphatic hydroxyl groups is 11. The van der Waals surface area contributed by atoms with Crippen LogP contribution >= 0.6 is 0 Å². The van der Waals surface area contributed by atoms with Gasteiger partial charge in [0.15, 0.2) is 18.9 Å². The van der Waals surface area contributed by atoms with Gasteiger partial charge in [0.25, 0.3) is 0 Å². The normalized spacial score (nSPS) is 30.2. The van der Waals surface area contributed by atoms with Crippen LogP contribution < -0.4 is 5.32 Å². The summed E-state index contributed by atoms with van der Waals surface area (Å²) in [4.78, 5) is 13.4. The summed E-state index contributed by atoms with van der Waals surface area (Å²) in [6, 6.07) is -0.887. The molecule has 0 spiro atoms. The number of amides is 1. The van der Waals surface area contributed by atoms with Crippen LogP contribution in [0.25, 0.3) is 0 Å². The minimum atomic E-state index is -1.96.